The van der Waals surface area contributed by atoms with Crippen molar-refractivity contribution in [2.24, 2.45) is 0 Å². The zero-order valence-corrected chi connectivity index (χ0v) is 12.2. The van der Waals surface area contributed by atoms with E-state index < -0.39 is 0 Å². The van der Waals surface area contributed by atoms with Crippen LogP contribution in [-0.4, -0.2) is 30.6 Å². The van der Waals surface area contributed by atoms with E-state index in [1.54, 1.807) is 6.07 Å². The third kappa shape index (κ3) is 4.75. The summed E-state index contributed by atoms with van der Waals surface area (Å²) in [6, 6.07) is 4.99. The standard InChI is InChI=1S/C15H22ClFN2/c1-12(11-19-7-3-2-4-8-19)18-10-13-5-6-14(17)9-15(13)16/h5-6,9,12,18H,2-4,7-8,10-11H2,1H3. The summed E-state index contributed by atoms with van der Waals surface area (Å²) in [5, 5.41) is 3.96. The van der Waals surface area contributed by atoms with Crippen molar-refractivity contribution in [3.05, 3.63) is 34.6 Å². The minimum absolute atomic E-state index is 0.282. The van der Waals surface area contributed by atoms with Gasteiger partial charge >= 0.3 is 0 Å². The lowest BCUT2D eigenvalue weighted by Gasteiger charge is -2.29. The number of halogens is 2. The first-order chi connectivity index (χ1) is 9.15. The van der Waals surface area contributed by atoms with Crippen molar-refractivity contribution in [2.45, 2.75) is 38.8 Å². The van der Waals surface area contributed by atoms with Gasteiger partial charge in [0.25, 0.3) is 0 Å². The van der Waals surface area contributed by atoms with Gasteiger partial charge in [0, 0.05) is 24.2 Å². The molecule has 0 amide bonds. The third-order valence-corrected chi connectivity index (χ3v) is 3.99. The molecule has 1 aliphatic heterocycles. The number of benzene rings is 1. The fourth-order valence-electron chi connectivity index (χ4n) is 2.54. The van der Waals surface area contributed by atoms with Crippen molar-refractivity contribution in [1.29, 1.82) is 0 Å². The highest BCUT2D eigenvalue weighted by Crippen LogP contribution is 2.17. The second-order valence-corrected chi connectivity index (χ2v) is 5.79. The van der Waals surface area contributed by atoms with Gasteiger partial charge in [0.15, 0.2) is 0 Å². The summed E-state index contributed by atoms with van der Waals surface area (Å²) in [6.07, 6.45) is 4.00. The predicted octanol–water partition coefficient (Wildman–Crippen LogP) is 3.44. The zero-order chi connectivity index (χ0) is 13.7. The third-order valence-electron chi connectivity index (χ3n) is 3.64. The summed E-state index contributed by atoms with van der Waals surface area (Å²) in [4.78, 5) is 2.51. The van der Waals surface area contributed by atoms with Gasteiger partial charge in [0.05, 0.1) is 0 Å². The first kappa shape index (κ1) is 14.8. The summed E-state index contributed by atoms with van der Waals surface area (Å²) < 4.78 is 12.9. The Balaban J connectivity index is 1.77. The molecule has 1 aromatic rings. The minimum atomic E-state index is -0.282. The van der Waals surface area contributed by atoms with Crippen molar-refractivity contribution in [2.75, 3.05) is 19.6 Å². The van der Waals surface area contributed by atoms with Crippen molar-refractivity contribution in [3.8, 4) is 0 Å². The van der Waals surface area contributed by atoms with Crippen LogP contribution in [-0.2, 0) is 6.54 Å². The van der Waals surface area contributed by atoms with Crippen LogP contribution in [0.4, 0.5) is 4.39 Å². The Morgan fingerprint density at radius 1 is 1.32 bits per heavy atom. The largest absolute Gasteiger partial charge is 0.309 e. The number of nitrogens with one attached hydrogen (secondary N) is 1. The molecule has 1 aliphatic rings. The average Bonchev–Trinajstić information content (AvgIpc) is 2.39. The van der Waals surface area contributed by atoms with Crippen LogP contribution in [0.5, 0.6) is 0 Å². The van der Waals surface area contributed by atoms with E-state index in [-0.39, 0.29) is 5.82 Å². The van der Waals surface area contributed by atoms with E-state index in [0.29, 0.717) is 17.6 Å². The highest BCUT2D eigenvalue weighted by Gasteiger charge is 2.13. The van der Waals surface area contributed by atoms with E-state index in [0.717, 1.165) is 12.1 Å². The number of likely N-dealkylation sites (tertiary alicyclic amines) is 1. The maximum atomic E-state index is 12.9. The van der Waals surface area contributed by atoms with Crippen LogP contribution in [0.3, 0.4) is 0 Å². The highest BCUT2D eigenvalue weighted by atomic mass is 35.5. The number of hydrogen-bond donors (Lipinski definition) is 1. The molecule has 0 bridgehead atoms. The van der Waals surface area contributed by atoms with E-state index in [2.05, 4.69) is 17.1 Å². The summed E-state index contributed by atoms with van der Waals surface area (Å²) >= 11 is 6.01. The normalized spacial score (nSPS) is 18.5. The molecular weight excluding hydrogens is 263 g/mol. The molecular formula is C15H22ClFN2. The Hall–Kier alpha value is -0.640. The molecule has 106 valence electrons. The molecule has 1 saturated heterocycles. The Kier molecular flexibility index (Phi) is 5.61. The van der Waals surface area contributed by atoms with Gasteiger partial charge in [0.2, 0.25) is 0 Å². The second kappa shape index (κ2) is 7.22. The predicted molar refractivity (Wildman–Crippen MR) is 78.0 cm³/mol. The monoisotopic (exact) mass is 284 g/mol. The Labute approximate surface area is 119 Å². The number of piperidine rings is 1. The van der Waals surface area contributed by atoms with Gasteiger partial charge in [-0.25, -0.2) is 4.39 Å². The molecule has 1 atom stereocenters. The summed E-state index contributed by atoms with van der Waals surface area (Å²) in [5.74, 6) is -0.282. The van der Waals surface area contributed by atoms with E-state index >= 15 is 0 Å². The maximum absolute atomic E-state index is 12.9. The molecule has 19 heavy (non-hydrogen) atoms. The highest BCUT2D eigenvalue weighted by molar-refractivity contribution is 6.31. The van der Waals surface area contributed by atoms with Crippen LogP contribution in [0.1, 0.15) is 31.7 Å². The number of nitrogens with zero attached hydrogens (tertiary/aromatic N) is 1. The number of rotatable bonds is 5. The molecule has 4 heteroatoms. The van der Waals surface area contributed by atoms with Crippen molar-refractivity contribution < 1.29 is 4.39 Å². The first-order valence-corrected chi connectivity index (χ1v) is 7.42. The van der Waals surface area contributed by atoms with Crippen LogP contribution in [0.15, 0.2) is 18.2 Å². The van der Waals surface area contributed by atoms with Gasteiger partial charge in [-0.05, 0) is 50.6 Å². The molecule has 1 fully saturated rings. The van der Waals surface area contributed by atoms with Crippen LogP contribution in [0.25, 0.3) is 0 Å². The summed E-state index contributed by atoms with van der Waals surface area (Å²) in [5.41, 5.74) is 0.952. The van der Waals surface area contributed by atoms with Crippen molar-refractivity contribution in [3.63, 3.8) is 0 Å². The van der Waals surface area contributed by atoms with Crippen molar-refractivity contribution >= 4 is 11.6 Å². The summed E-state index contributed by atoms with van der Waals surface area (Å²) in [7, 11) is 0. The Morgan fingerprint density at radius 2 is 2.05 bits per heavy atom. The zero-order valence-electron chi connectivity index (χ0n) is 11.5. The summed E-state index contributed by atoms with van der Waals surface area (Å²) in [6.45, 7) is 6.37. The minimum Gasteiger partial charge on any atom is -0.309 e. The molecule has 1 aromatic carbocycles. The topological polar surface area (TPSA) is 15.3 Å². The van der Waals surface area contributed by atoms with E-state index in [4.69, 9.17) is 11.6 Å². The fraction of sp³-hybridized carbons (Fsp3) is 0.600. The lowest BCUT2D eigenvalue weighted by Crippen LogP contribution is -2.41. The molecule has 0 aliphatic carbocycles. The molecule has 2 rings (SSSR count). The number of hydrogen-bond acceptors (Lipinski definition) is 2. The molecule has 1 N–H and O–H groups in total. The lowest BCUT2D eigenvalue weighted by atomic mass is 10.1. The van der Waals surface area contributed by atoms with Crippen LogP contribution < -0.4 is 5.32 Å². The smallest absolute Gasteiger partial charge is 0.124 e. The molecule has 1 heterocycles. The second-order valence-electron chi connectivity index (χ2n) is 5.38. The van der Waals surface area contributed by atoms with E-state index in [1.807, 2.05) is 0 Å². The SMILES string of the molecule is CC(CN1CCCCC1)NCc1ccc(F)cc1Cl. The lowest BCUT2D eigenvalue weighted by molar-refractivity contribution is 0.209. The fourth-order valence-corrected chi connectivity index (χ4v) is 2.78. The van der Waals surface area contributed by atoms with E-state index in [9.17, 15) is 4.39 Å². The first-order valence-electron chi connectivity index (χ1n) is 7.05. The molecule has 0 aromatic heterocycles. The van der Waals surface area contributed by atoms with Gasteiger partial charge in [0.1, 0.15) is 5.82 Å². The quantitative estimate of drug-likeness (QED) is 0.891. The molecule has 2 nitrogen and oxygen atoms in total. The Morgan fingerprint density at radius 3 is 2.74 bits per heavy atom. The molecule has 1 unspecified atom stereocenters. The molecule has 0 spiro atoms. The maximum Gasteiger partial charge on any atom is 0.124 e. The van der Waals surface area contributed by atoms with Gasteiger partial charge in [-0.2, -0.15) is 0 Å². The van der Waals surface area contributed by atoms with Crippen LogP contribution in [0, 0.1) is 5.82 Å². The Bertz CT molecular complexity index is 405. The van der Waals surface area contributed by atoms with Gasteiger partial charge in [-0.1, -0.05) is 24.1 Å². The van der Waals surface area contributed by atoms with Gasteiger partial charge in [-0.15, -0.1) is 0 Å². The van der Waals surface area contributed by atoms with Crippen molar-refractivity contribution in [1.82, 2.24) is 10.2 Å². The van der Waals surface area contributed by atoms with Gasteiger partial charge < -0.3 is 10.2 Å². The molecule has 0 radical (unpaired) electrons. The van der Waals surface area contributed by atoms with E-state index in [1.165, 1.54) is 44.5 Å². The average molecular weight is 285 g/mol. The van der Waals surface area contributed by atoms with Gasteiger partial charge in [-0.3, -0.25) is 0 Å². The van der Waals surface area contributed by atoms with Crippen LogP contribution in [0.2, 0.25) is 5.02 Å². The molecule has 0 saturated carbocycles. The van der Waals surface area contributed by atoms with Crippen LogP contribution >= 0.6 is 11.6 Å².